The van der Waals surface area contributed by atoms with Crippen LogP contribution in [0.5, 0.6) is 0 Å². The number of aliphatic hydroxyl groups excluding tert-OH is 2. The highest BCUT2D eigenvalue weighted by Crippen LogP contribution is 2.32. The van der Waals surface area contributed by atoms with Crippen LogP contribution in [0.2, 0.25) is 0 Å². The summed E-state index contributed by atoms with van der Waals surface area (Å²) in [6, 6.07) is 0. The van der Waals surface area contributed by atoms with Crippen LogP contribution in [0.1, 0.15) is 44.7 Å². The number of H-pyrrole nitrogens is 1. The largest absolute Gasteiger partial charge is 0.394 e. The Balaban J connectivity index is 2.05. The molecule has 132 valence electrons. The Morgan fingerprint density at radius 3 is 2.88 bits per heavy atom. The fourth-order valence-corrected chi connectivity index (χ4v) is 3.10. The van der Waals surface area contributed by atoms with Crippen LogP contribution in [0.4, 0.5) is 5.95 Å². The van der Waals surface area contributed by atoms with Gasteiger partial charge in [-0.15, -0.1) is 0 Å². The zero-order valence-corrected chi connectivity index (χ0v) is 13.6. The number of hydrogen-bond acceptors (Lipinski definition) is 7. The van der Waals surface area contributed by atoms with Crippen LogP contribution >= 0.6 is 0 Å². The van der Waals surface area contributed by atoms with Crippen molar-refractivity contribution in [1.82, 2.24) is 19.5 Å². The van der Waals surface area contributed by atoms with E-state index in [9.17, 15) is 15.0 Å². The monoisotopic (exact) mass is 337 g/mol. The normalized spacial score (nSPS) is 24.0. The van der Waals surface area contributed by atoms with Gasteiger partial charge in [0.15, 0.2) is 11.2 Å². The maximum atomic E-state index is 12.1. The molecule has 2 aromatic heterocycles. The van der Waals surface area contributed by atoms with Gasteiger partial charge >= 0.3 is 0 Å². The first-order valence-corrected chi connectivity index (χ1v) is 8.26. The second kappa shape index (κ2) is 6.88. The number of nitrogens with zero attached hydrogens (tertiary/aromatic N) is 3. The number of nitrogen functional groups attached to an aromatic ring is 1. The maximum absolute atomic E-state index is 12.1. The number of nitrogens with two attached hydrogens (primary N) is 1. The molecule has 24 heavy (non-hydrogen) atoms. The lowest BCUT2D eigenvalue weighted by atomic mass is 10.2. The molecule has 1 unspecified atom stereocenters. The number of fused-ring (bicyclic) bond motifs is 1. The smallest absolute Gasteiger partial charge is 0.280 e. The van der Waals surface area contributed by atoms with Gasteiger partial charge in [0.1, 0.15) is 18.2 Å². The van der Waals surface area contributed by atoms with Crippen molar-refractivity contribution in [2.75, 3.05) is 12.3 Å². The highest BCUT2D eigenvalue weighted by Gasteiger charge is 2.36. The third-order valence-electron chi connectivity index (χ3n) is 4.32. The number of aliphatic hydroxyl groups is 2. The maximum Gasteiger partial charge on any atom is 0.280 e. The molecule has 9 nitrogen and oxygen atoms in total. The van der Waals surface area contributed by atoms with E-state index in [0.717, 1.165) is 19.3 Å². The Morgan fingerprint density at radius 2 is 2.21 bits per heavy atom. The number of anilines is 1. The van der Waals surface area contributed by atoms with Gasteiger partial charge in [-0.05, 0) is 6.42 Å². The number of ether oxygens (including phenoxy) is 1. The third kappa shape index (κ3) is 3.02. The number of nitrogens with one attached hydrogen (secondary N) is 1. The summed E-state index contributed by atoms with van der Waals surface area (Å²) in [4.78, 5) is 23.2. The molecule has 1 aliphatic heterocycles. The molecule has 0 amide bonds. The molecule has 1 saturated heterocycles. The molecule has 1 aliphatic rings. The van der Waals surface area contributed by atoms with E-state index in [1.54, 1.807) is 4.57 Å². The number of aromatic nitrogens is 4. The predicted octanol–water partition coefficient (Wildman–Crippen LogP) is 0.0752. The van der Waals surface area contributed by atoms with E-state index in [1.807, 2.05) is 0 Å². The van der Waals surface area contributed by atoms with Crippen LogP contribution in [0.25, 0.3) is 11.2 Å². The predicted molar refractivity (Wildman–Crippen MR) is 87.4 cm³/mol. The summed E-state index contributed by atoms with van der Waals surface area (Å²) in [7, 11) is 0. The molecule has 3 rings (SSSR count). The van der Waals surface area contributed by atoms with Gasteiger partial charge in [-0.1, -0.05) is 19.8 Å². The van der Waals surface area contributed by atoms with Gasteiger partial charge < -0.3 is 20.7 Å². The molecule has 1 fully saturated rings. The summed E-state index contributed by atoms with van der Waals surface area (Å²) in [6.07, 6.45) is 2.03. The second-order valence-electron chi connectivity index (χ2n) is 6.09. The Hall–Kier alpha value is -1.97. The standard InChI is InChI=1S/C15H23N5O4/c1-2-3-4-5-10-17-12-13(18-15(16)19-14(12)23)20(10)11-6-8(22)9(7-21)24-11/h8-9,11,21-22H,2-7H2,1H3,(H3,16,18,19,23)/t8?,9-,11-/m1/s1. The van der Waals surface area contributed by atoms with E-state index in [0.29, 0.717) is 24.3 Å². The number of hydrogen-bond donors (Lipinski definition) is 4. The Labute approximate surface area is 138 Å². The molecule has 2 aromatic rings. The molecule has 3 atom stereocenters. The van der Waals surface area contributed by atoms with Gasteiger partial charge in [0.25, 0.3) is 5.56 Å². The second-order valence-corrected chi connectivity index (χ2v) is 6.09. The average molecular weight is 337 g/mol. The van der Waals surface area contributed by atoms with Crippen molar-refractivity contribution in [3.05, 3.63) is 16.2 Å². The molecular weight excluding hydrogens is 314 g/mol. The van der Waals surface area contributed by atoms with E-state index in [4.69, 9.17) is 10.5 Å². The molecule has 0 spiro atoms. The quantitative estimate of drug-likeness (QED) is 0.547. The Kier molecular flexibility index (Phi) is 4.83. The van der Waals surface area contributed by atoms with Gasteiger partial charge in [-0.3, -0.25) is 14.3 Å². The number of aryl methyl sites for hydroxylation is 1. The minimum atomic E-state index is -0.778. The highest BCUT2D eigenvalue weighted by molar-refractivity contribution is 5.71. The Morgan fingerprint density at radius 1 is 1.42 bits per heavy atom. The van der Waals surface area contributed by atoms with E-state index >= 15 is 0 Å². The van der Waals surface area contributed by atoms with Gasteiger partial charge in [-0.2, -0.15) is 4.98 Å². The topological polar surface area (TPSA) is 139 Å². The van der Waals surface area contributed by atoms with Crippen LogP contribution in [0, 0.1) is 0 Å². The number of unbranched alkanes of at least 4 members (excludes halogenated alkanes) is 2. The molecule has 0 radical (unpaired) electrons. The first kappa shape index (κ1) is 16.9. The van der Waals surface area contributed by atoms with Crippen LogP contribution in [0.15, 0.2) is 4.79 Å². The summed E-state index contributed by atoms with van der Waals surface area (Å²) in [5, 5.41) is 19.3. The highest BCUT2D eigenvalue weighted by atomic mass is 16.5. The van der Waals surface area contributed by atoms with Crippen molar-refractivity contribution >= 4 is 17.1 Å². The molecule has 0 aliphatic carbocycles. The fourth-order valence-electron chi connectivity index (χ4n) is 3.10. The van der Waals surface area contributed by atoms with Gasteiger partial charge in [-0.25, -0.2) is 4.98 Å². The summed E-state index contributed by atoms with van der Waals surface area (Å²) >= 11 is 0. The molecular formula is C15H23N5O4. The summed E-state index contributed by atoms with van der Waals surface area (Å²) < 4.78 is 7.46. The van der Waals surface area contributed by atoms with Crippen molar-refractivity contribution in [2.24, 2.45) is 0 Å². The van der Waals surface area contributed by atoms with Gasteiger partial charge in [0, 0.05) is 12.8 Å². The van der Waals surface area contributed by atoms with E-state index in [-0.39, 0.29) is 18.1 Å². The van der Waals surface area contributed by atoms with Crippen LogP contribution in [-0.4, -0.2) is 48.5 Å². The van der Waals surface area contributed by atoms with Gasteiger partial charge in [0.05, 0.1) is 12.7 Å². The van der Waals surface area contributed by atoms with Crippen LogP contribution < -0.4 is 11.3 Å². The first-order valence-electron chi connectivity index (χ1n) is 8.26. The van der Waals surface area contributed by atoms with Crippen LogP contribution in [-0.2, 0) is 11.2 Å². The Bertz CT molecular complexity index is 771. The minimum absolute atomic E-state index is 0.00557. The molecule has 9 heteroatoms. The molecule has 3 heterocycles. The minimum Gasteiger partial charge on any atom is -0.394 e. The zero-order chi connectivity index (χ0) is 17.3. The first-order chi connectivity index (χ1) is 11.5. The molecule has 5 N–H and O–H groups in total. The van der Waals surface area contributed by atoms with E-state index in [1.165, 1.54) is 0 Å². The van der Waals surface area contributed by atoms with Crippen molar-refractivity contribution in [3.63, 3.8) is 0 Å². The number of imidazole rings is 1. The van der Waals surface area contributed by atoms with Crippen LogP contribution in [0.3, 0.4) is 0 Å². The lowest BCUT2D eigenvalue weighted by molar-refractivity contribution is -0.0440. The SMILES string of the molecule is CCCCCc1nc2c(=O)[nH]c(N)nc2n1[C@H]1CC(O)[C@@H](CO)O1. The average Bonchev–Trinajstić information content (AvgIpc) is 3.07. The summed E-state index contributed by atoms with van der Waals surface area (Å²) in [5.74, 6) is 0.684. The van der Waals surface area contributed by atoms with Crippen molar-refractivity contribution < 1.29 is 14.9 Å². The number of rotatable bonds is 6. The lowest BCUT2D eigenvalue weighted by Gasteiger charge is -2.16. The molecule has 0 saturated carbocycles. The van der Waals surface area contributed by atoms with Gasteiger partial charge in [0.2, 0.25) is 5.95 Å². The summed E-state index contributed by atoms with van der Waals surface area (Å²) in [5.41, 5.74) is 5.82. The zero-order valence-electron chi connectivity index (χ0n) is 13.6. The summed E-state index contributed by atoms with van der Waals surface area (Å²) in [6.45, 7) is 1.84. The fraction of sp³-hybridized carbons (Fsp3) is 0.667. The van der Waals surface area contributed by atoms with E-state index in [2.05, 4.69) is 21.9 Å². The van der Waals surface area contributed by atoms with Crippen molar-refractivity contribution in [1.29, 1.82) is 0 Å². The van der Waals surface area contributed by atoms with Crippen molar-refractivity contribution in [3.8, 4) is 0 Å². The molecule has 0 aromatic carbocycles. The van der Waals surface area contributed by atoms with E-state index < -0.39 is 24.0 Å². The lowest BCUT2D eigenvalue weighted by Crippen LogP contribution is -2.24. The number of aromatic amines is 1. The van der Waals surface area contributed by atoms with Crippen molar-refractivity contribution in [2.45, 2.75) is 57.5 Å². The molecule has 0 bridgehead atoms. The third-order valence-corrected chi connectivity index (χ3v) is 4.32.